The van der Waals surface area contributed by atoms with E-state index in [1.54, 1.807) is 0 Å². The Morgan fingerprint density at radius 1 is 0.667 bits per heavy atom. The number of carbonyl (C=O) groups excluding carboxylic acids is 2. The number of carbonyl (C=O) groups is 2. The molecule has 0 bridgehead atoms. The number of likely N-dealkylation sites (N-methyl/N-ethyl adjacent to an activating group) is 2. The highest BCUT2D eigenvalue weighted by Gasteiger charge is 2.27. The first-order valence-corrected chi connectivity index (χ1v) is 19.7. The fourth-order valence-corrected chi connectivity index (χ4v) is 6.12. The Hall–Kier alpha value is -3.04. The van der Waals surface area contributed by atoms with E-state index in [1.165, 1.54) is 0 Å². The average Bonchev–Trinajstić information content (AvgIpc) is 3.51. The van der Waals surface area contributed by atoms with Gasteiger partial charge in [0, 0.05) is 118 Å². The van der Waals surface area contributed by atoms with Crippen molar-refractivity contribution in [2.75, 3.05) is 186 Å². The molecule has 0 spiro atoms. The first-order chi connectivity index (χ1) is 26.0. The van der Waals surface area contributed by atoms with Crippen LogP contribution in [0.2, 0.25) is 0 Å². The van der Waals surface area contributed by atoms with Gasteiger partial charge in [-0.2, -0.15) is 0 Å². The second-order valence-corrected chi connectivity index (χ2v) is 14.3. The number of ether oxygens (including phenoxy) is 2. The summed E-state index contributed by atoms with van der Waals surface area (Å²) in [7, 11) is 8.16. The molecule has 0 aromatic rings. The van der Waals surface area contributed by atoms with Crippen LogP contribution in [0.15, 0.2) is 12.0 Å². The molecular weight excluding hydrogens is 698 g/mol. The van der Waals surface area contributed by atoms with E-state index in [9.17, 15) is 19.7 Å². The molecular formula is C35H73N13O6. The van der Waals surface area contributed by atoms with Crippen LogP contribution in [-0.2, 0) is 9.47 Å². The van der Waals surface area contributed by atoms with Crippen LogP contribution in [0.4, 0.5) is 9.59 Å². The van der Waals surface area contributed by atoms with Crippen molar-refractivity contribution < 1.29 is 24.0 Å². The fraction of sp³-hybridized carbons (Fsp3) is 0.886. The van der Waals surface area contributed by atoms with E-state index < -0.39 is 4.92 Å². The van der Waals surface area contributed by atoms with Crippen molar-refractivity contribution >= 4 is 12.1 Å². The van der Waals surface area contributed by atoms with Gasteiger partial charge >= 0.3 is 12.1 Å². The third-order valence-corrected chi connectivity index (χ3v) is 9.41. The van der Waals surface area contributed by atoms with Gasteiger partial charge in [0.25, 0.3) is 6.20 Å². The van der Waals surface area contributed by atoms with Gasteiger partial charge in [0.2, 0.25) is 0 Å². The molecule has 4 rings (SSSR count). The van der Waals surface area contributed by atoms with Crippen LogP contribution in [0.5, 0.6) is 0 Å². The maximum absolute atomic E-state index is 12.2. The van der Waals surface area contributed by atoms with Gasteiger partial charge in [-0.05, 0) is 60.5 Å². The molecule has 4 amide bonds. The van der Waals surface area contributed by atoms with Crippen molar-refractivity contribution in [3.8, 4) is 0 Å². The highest BCUT2D eigenvalue weighted by molar-refractivity contribution is 5.76. The van der Waals surface area contributed by atoms with Crippen molar-refractivity contribution in [3.63, 3.8) is 0 Å². The molecule has 4 aliphatic rings. The maximum Gasteiger partial charge on any atom is 0.320 e. The Balaban J connectivity index is 0.000000290. The summed E-state index contributed by atoms with van der Waals surface area (Å²) in [5.41, 5.74) is 10.8. The number of hydrogen-bond donors (Lipinski definition) is 4. The molecule has 4 saturated heterocycles. The second-order valence-electron chi connectivity index (χ2n) is 14.3. The first kappa shape index (κ1) is 47.1. The van der Waals surface area contributed by atoms with Gasteiger partial charge in [0.1, 0.15) is 0 Å². The largest absolute Gasteiger partial charge is 0.379 e. The van der Waals surface area contributed by atoms with E-state index in [0.717, 1.165) is 157 Å². The number of nitro groups is 1. The van der Waals surface area contributed by atoms with Crippen molar-refractivity contribution in [1.82, 2.24) is 49.8 Å². The molecule has 54 heavy (non-hydrogen) atoms. The molecule has 0 aliphatic carbocycles. The normalized spacial score (nSPS) is 18.4. The number of urea groups is 2. The Labute approximate surface area is 324 Å². The number of nitrogens with one attached hydrogen (secondary N) is 2. The predicted molar refractivity (Wildman–Crippen MR) is 212 cm³/mol. The summed E-state index contributed by atoms with van der Waals surface area (Å²) in [5, 5.41) is 17.0. The molecule has 6 N–H and O–H groups in total. The van der Waals surface area contributed by atoms with Crippen LogP contribution in [0.3, 0.4) is 0 Å². The lowest BCUT2D eigenvalue weighted by atomic mass is 10.3. The SMILES string of the molecule is CN(C)CCN1CCCN(CCN(C)C)C1=O.NCCCN1CCN(CCCN)C1=O.O=[N+]([O-])C=C(NCCN1CCOCC1)NCCN1CCOCC1. The smallest absolute Gasteiger partial charge is 0.320 e. The van der Waals surface area contributed by atoms with Gasteiger partial charge in [-0.25, -0.2) is 9.59 Å². The molecule has 19 nitrogen and oxygen atoms in total. The number of morpholine rings is 2. The summed E-state index contributed by atoms with van der Waals surface area (Å²) in [4.78, 5) is 50.6. The molecule has 0 aromatic heterocycles. The predicted octanol–water partition coefficient (Wildman–Crippen LogP) is -1.44. The molecule has 4 fully saturated rings. The zero-order valence-corrected chi connectivity index (χ0v) is 33.8. The zero-order valence-electron chi connectivity index (χ0n) is 33.8. The second kappa shape index (κ2) is 28.4. The summed E-state index contributed by atoms with van der Waals surface area (Å²) >= 11 is 0. The molecule has 0 saturated carbocycles. The van der Waals surface area contributed by atoms with Crippen molar-refractivity contribution in [2.45, 2.75) is 19.3 Å². The summed E-state index contributed by atoms with van der Waals surface area (Å²) in [5.74, 6) is 0.469. The Morgan fingerprint density at radius 3 is 1.41 bits per heavy atom. The zero-order chi connectivity index (χ0) is 39.6. The van der Waals surface area contributed by atoms with Crippen molar-refractivity contribution in [3.05, 3.63) is 22.1 Å². The lowest BCUT2D eigenvalue weighted by Gasteiger charge is -2.36. The van der Waals surface area contributed by atoms with E-state index >= 15 is 0 Å². The average molecular weight is 772 g/mol. The van der Waals surface area contributed by atoms with Crippen LogP contribution < -0.4 is 22.1 Å². The minimum atomic E-state index is -0.432. The van der Waals surface area contributed by atoms with Crippen LogP contribution in [-0.4, -0.2) is 242 Å². The third kappa shape index (κ3) is 20.6. The molecule has 0 radical (unpaired) electrons. The molecule has 314 valence electrons. The summed E-state index contributed by atoms with van der Waals surface area (Å²) < 4.78 is 10.6. The van der Waals surface area contributed by atoms with Crippen LogP contribution in [0.25, 0.3) is 0 Å². The molecule has 0 aromatic carbocycles. The van der Waals surface area contributed by atoms with Crippen LogP contribution in [0.1, 0.15) is 19.3 Å². The number of nitrogens with two attached hydrogens (primary N) is 2. The van der Waals surface area contributed by atoms with Gasteiger partial charge in [0.05, 0.1) is 31.4 Å². The highest BCUT2D eigenvalue weighted by atomic mass is 16.6. The van der Waals surface area contributed by atoms with Crippen molar-refractivity contribution in [2.24, 2.45) is 11.5 Å². The van der Waals surface area contributed by atoms with E-state index in [-0.39, 0.29) is 12.1 Å². The third-order valence-electron chi connectivity index (χ3n) is 9.41. The molecule has 0 unspecified atom stereocenters. The maximum atomic E-state index is 12.2. The Bertz CT molecular complexity index is 995. The van der Waals surface area contributed by atoms with Crippen molar-refractivity contribution in [1.29, 1.82) is 0 Å². The van der Waals surface area contributed by atoms with Gasteiger partial charge < -0.3 is 61.0 Å². The standard InChI is InChI=1S/C14H27N5O4.C12H26N4O.C9H20N4O/c20-19(21)13-14(15-1-3-17-5-9-22-10-6-17)16-2-4-18-7-11-23-12-8-18;1-13(2)8-10-15-6-5-7-16(12(15)17)11-9-14(3)4;10-3-1-5-12-7-8-13(9(12)14)6-2-4-11/h13,15-16H,1-12H2;5-11H2,1-4H3;1-8,10-11H2. The molecule has 19 heteroatoms. The fourth-order valence-electron chi connectivity index (χ4n) is 6.12. The van der Waals surface area contributed by atoms with E-state index in [4.69, 9.17) is 20.9 Å². The van der Waals surface area contributed by atoms with E-state index in [1.807, 2.05) is 47.8 Å². The molecule has 4 heterocycles. The number of rotatable bonds is 21. The minimum absolute atomic E-state index is 0.145. The number of hydrogen-bond acceptors (Lipinski definition) is 14. The highest BCUT2D eigenvalue weighted by Crippen LogP contribution is 2.10. The van der Waals surface area contributed by atoms with Gasteiger partial charge in [-0.3, -0.25) is 19.9 Å². The van der Waals surface area contributed by atoms with E-state index in [0.29, 0.717) is 32.0 Å². The quantitative estimate of drug-likeness (QED) is 0.0783. The Morgan fingerprint density at radius 2 is 1.06 bits per heavy atom. The van der Waals surface area contributed by atoms with Crippen LogP contribution >= 0.6 is 0 Å². The number of amides is 4. The summed E-state index contributed by atoms with van der Waals surface area (Å²) in [6.45, 7) is 19.7. The van der Waals surface area contributed by atoms with Gasteiger partial charge in [-0.15, -0.1) is 0 Å². The first-order valence-electron chi connectivity index (χ1n) is 19.7. The van der Waals surface area contributed by atoms with Gasteiger partial charge in [0.15, 0.2) is 5.82 Å². The summed E-state index contributed by atoms with van der Waals surface area (Å²) in [6.07, 6.45) is 3.86. The number of nitrogens with zero attached hydrogens (tertiary/aromatic N) is 9. The Kier molecular flexibility index (Phi) is 24.8. The molecule has 4 aliphatic heterocycles. The monoisotopic (exact) mass is 772 g/mol. The lowest BCUT2D eigenvalue weighted by molar-refractivity contribution is -0.404. The summed E-state index contributed by atoms with van der Waals surface area (Å²) in [6, 6.07) is 0.354. The topological polar surface area (TPSA) is 198 Å². The van der Waals surface area contributed by atoms with Crippen LogP contribution in [0, 0.1) is 10.1 Å². The molecule has 0 atom stereocenters. The van der Waals surface area contributed by atoms with E-state index in [2.05, 4.69) is 30.2 Å². The minimum Gasteiger partial charge on any atom is -0.379 e. The lowest BCUT2D eigenvalue weighted by Crippen LogP contribution is -2.52. The van der Waals surface area contributed by atoms with Gasteiger partial charge in [-0.1, -0.05) is 0 Å².